The number of hydrogen-bond donors (Lipinski definition) is 3. The fourth-order valence-corrected chi connectivity index (χ4v) is 3.01. The van der Waals surface area contributed by atoms with Gasteiger partial charge in [0.05, 0.1) is 17.1 Å². The number of halogens is 1. The van der Waals surface area contributed by atoms with Gasteiger partial charge in [-0.1, -0.05) is 29.8 Å². The van der Waals surface area contributed by atoms with E-state index < -0.39 is 0 Å². The van der Waals surface area contributed by atoms with Gasteiger partial charge in [0, 0.05) is 35.2 Å². The van der Waals surface area contributed by atoms with E-state index in [0.717, 1.165) is 11.3 Å². The molecule has 0 saturated carbocycles. The van der Waals surface area contributed by atoms with Crippen molar-refractivity contribution in [1.82, 2.24) is 15.0 Å². The van der Waals surface area contributed by atoms with Crippen LogP contribution in [0.15, 0.2) is 60.9 Å². The molecule has 144 valence electrons. The highest BCUT2D eigenvalue weighted by Crippen LogP contribution is 2.28. The van der Waals surface area contributed by atoms with E-state index in [1.165, 1.54) is 12.4 Å². The van der Waals surface area contributed by atoms with Crippen LogP contribution in [0.2, 0.25) is 5.02 Å². The van der Waals surface area contributed by atoms with Gasteiger partial charge in [0.2, 0.25) is 5.88 Å². The number of aromatic hydroxyl groups is 1. The molecule has 2 heterocycles. The molecule has 0 bridgehead atoms. The molecule has 0 atom stereocenters. The van der Waals surface area contributed by atoms with Gasteiger partial charge in [-0.3, -0.25) is 4.98 Å². The average Bonchev–Trinajstić information content (AvgIpc) is 2.74. The lowest BCUT2D eigenvalue weighted by molar-refractivity contribution is 0.412. The minimum atomic E-state index is -0.183. The van der Waals surface area contributed by atoms with Crippen molar-refractivity contribution >= 4 is 34.4 Å². The maximum absolute atomic E-state index is 10.1. The Bertz CT molecular complexity index is 1200. The van der Waals surface area contributed by atoms with Gasteiger partial charge in [0.15, 0.2) is 0 Å². The lowest BCUT2D eigenvalue weighted by Gasteiger charge is -2.12. The zero-order valence-electron chi connectivity index (χ0n) is 15.1. The van der Waals surface area contributed by atoms with Crippen LogP contribution in [-0.4, -0.2) is 26.3 Å². The van der Waals surface area contributed by atoms with Crippen LogP contribution >= 0.6 is 11.6 Å². The minimum Gasteiger partial charge on any atom is -0.493 e. The Labute approximate surface area is 171 Å². The molecule has 0 aliphatic carbocycles. The number of anilines is 1. The largest absolute Gasteiger partial charge is 0.493 e. The standard InChI is InChI=1S/C21H16ClN5O2/c22-17-4-2-1-3-13(17)11-25-18-6-5-15(9-14(18)10-23)29-21-26-19-12-24-8-7-16(19)20(28)27-21/h1-10,12,23,25H,11H2,(H,26,27,28). The molecule has 0 fully saturated rings. The van der Waals surface area contributed by atoms with E-state index in [0.29, 0.717) is 33.8 Å². The summed E-state index contributed by atoms with van der Waals surface area (Å²) in [5, 5.41) is 22.2. The van der Waals surface area contributed by atoms with E-state index in [1.807, 2.05) is 24.3 Å². The van der Waals surface area contributed by atoms with Crippen molar-refractivity contribution in [1.29, 1.82) is 5.41 Å². The molecule has 0 spiro atoms. The van der Waals surface area contributed by atoms with E-state index in [2.05, 4.69) is 20.3 Å². The summed E-state index contributed by atoms with van der Waals surface area (Å²) in [6, 6.07) is 14.4. The minimum absolute atomic E-state index is 0.00397. The van der Waals surface area contributed by atoms with Crippen LogP contribution in [0.1, 0.15) is 11.1 Å². The van der Waals surface area contributed by atoms with Crippen molar-refractivity contribution < 1.29 is 9.84 Å². The average molecular weight is 406 g/mol. The van der Waals surface area contributed by atoms with E-state index >= 15 is 0 Å². The van der Waals surface area contributed by atoms with Crippen LogP contribution < -0.4 is 10.1 Å². The monoisotopic (exact) mass is 405 g/mol. The molecule has 29 heavy (non-hydrogen) atoms. The number of rotatable bonds is 6. The Morgan fingerprint density at radius 2 is 2.00 bits per heavy atom. The van der Waals surface area contributed by atoms with Crippen molar-refractivity contribution in [2.45, 2.75) is 6.54 Å². The number of ether oxygens (including phenoxy) is 1. The second kappa shape index (κ2) is 8.12. The summed E-state index contributed by atoms with van der Waals surface area (Å²) in [6.07, 6.45) is 4.30. The molecule has 8 heteroatoms. The maximum Gasteiger partial charge on any atom is 0.325 e. The molecule has 7 nitrogen and oxygen atoms in total. The molecule has 0 aliphatic rings. The highest BCUT2D eigenvalue weighted by atomic mass is 35.5. The molecule has 4 rings (SSSR count). The molecule has 0 amide bonds. The van der Waals surface area contributed by atoms with Crippen molar-refractivity contribution in [2.24, 2.45) is 0 Å². The lowest BCUT2D eigenvalue weighted by Crippen LogP contribution is -2.03. The first-order valence-electron chi connectivity index (χ1n) is 8.74. The zero-order valence-corrected chi connectivity index (χ0v) is 15.9. The topological polar surface area (TPSA) is 104 Å². The fraction of sp³-hybridized carbons (Fsp3) is 0.0476. The Morgan fingerprint density at radius 1 is 1.14 bits per heavy atom. The number of fused-ring (bicyclic) bond motifs is 1. The van der Waals surface area contributed by atoms with Crippen LogP contribution in [0, 0.1) is 5.41 Å². The van der Waals surface area contributed by atoms with Gasteiger partial charge in [-0.15, -0.1) is 0 Å². The van der Waals surface area contributed by atoms with Crippen LogP contribution in [0.25, 0.3) is 10.9 Å². The molecular formula is C21H16ClN5O2. The van der Waals surface area contributed by atoms with Gasteiger partial charge in [0.1, 0.15) is 5.75 Å². The quantitative estimate of drug-likeness (QED) is 0.398. The van der Waals surface area contributed by atoms with Crippen molar-refractivity contribution in [2.75, 3.05) is 5.32 Å². The van der Waals surface area contributed by atoms with Crippen molar-refractivity contribution in [3.05, 3.63) is 77.1 Å². The van der Waals surface area contributed by atoms with E-state index in [1.54, 1.807) is 30.5 Å². The summed E-state index contributed by atoms with van der Waals surface area (Å²) in [4.78, 5) is 12.2. The number of nitrogens with one attached hydrogen (secondary N) is 2. The first-order chi connectivity index (χ1) is 14.1. The zero-order chi connectivity index (χ0) is 20.2. The van der Waals surface area contributed by atoms with Crippen molar-refractivity contribution in [3.63, 3.8) is 0 Å². The summed E-state index contributed by atoms with van der Waals surface area (Å²) in [7, 11) is 0. The molecule has 0 unspecified atom stereocenters. The van der Waals surface area contributed by atoms with Crippen LogP contribution in [0.4, 0.5) is 5.69 Å². The SMILES string of the molecule is N=Cc1cc(Oc2nc(O)c3ccncc3n2)ccc1NCc1ccccc1Cl. The van der Waals surface area contributed by atoms with Crippen molar-refractivity contribution in [3.8, 4) is 17.6 Å². The molecule has 2 aromatic carbocycles. The highest BCUT2D eigenvalue weighted by molar-refractivity contribution is 6.31. The Hall–Kier alpha value is -3.71. The third-order valence-electron chi connectivity index (χ3n) is 4.27. The molecule has 3 N–H and O–H groups in total. The normalized spacial score (nSPS) is 10.7. The van der Waals surface area contributed by atoms with Gasteiger partial charge >= 0.3 is 6.01 Å². The summed E-state index contributed by atoms with van der Waals surface area (Å²) >= 11 is 6.19. The van der Waals surface area contributed by atoms with Gasteiger partial charge in [-0.05, 0) is 35.9 Å². The predicted molar refractivity (Wildman–Crippen MR) is 112 cm³/mol. The second-order valence-electron chi connectivity index (χ2n) is 6.16. The van der Waals surface area contributed by atoms with E-state index in [-0.39, 0.29) is 11.9 Å². The van der Waals surface area contributed by atoms with Gasteiger partial charge in [-0.2, -0.15) is 9.97 Å². The molecule has 0 aliphatic heterocycles. The number of hydrogen-bond acceptors (Lipinski definition) is 7. The third kappa shape index (κ3) is 4.09. The number of benzene rings is 2. The molecule has 4 aromatic rings. The van der Waals surface area contributed by atoms with Gasteiger partial charge in [0.25, 0.3) is 0 Å². The predicted octanol–water partition coefficient (Wildman–Crippen LogP) is 4.79. The Morgan fingerprint density at radius 3 is 2.83 bits per heavy atom. The smallest absolute Gasteiger partial charge is 0.325 e. The molecular weight excluding hydrogens is 390 g/mol. The third-order valence-corrected chi connectivity index (χ3v) is 4.64. The van der Waals surface area contributed by atoms with Gasteiger partial charge < -0.3 is 20.6 Å². The first-order valence-corrected chi connectivity index (χ1v) is 9.12. The number of pyridine rings is 1. The molecule has 2 aromatic heterocycles. The molecule has 0 radical (unpaired) electrons. The van der Waals surface area contributed by atoms with Crippen LogP contribution in [0.5, 0.6) is 17.6 Å². The number of aromatic nitrogens is 3. The van der Waals surface area contributed by atoms with Crippen LogP contribution in [0.3, 0.4) is 0 Å². The summed E-state index contributed by atoms with van der Waals surface area (Å²) in [5.41, 5.74) is 2.82. The summed E-state index contributed by atoms with van der Waals surface area (Å²) in [5.74, 6) is 0.257. The first kappa shape index (κ1) is 18.6. The maximum atomic E-state index is 10.1. The Kier molecular flexibility index (Phi) is 5.22. The van der Waals surface area contributed by atoms with Crippen LogP contribution in [-0.2, 0) is 6.54 Å². The fourth-order valence-electron chi connectivity index (χ4n) is 2.81. The lowest BCUT2D eigenvalue weighted by atomic mass is 10.1. The van der Waals surface area contributed by atoms with E-state index in [9.17, 15) is 5.11 Å². The Balaban J connectivity index is 1.55. The summed E-state index contributed by atoms with van der Waals surface area (Å²) < 4.78 is 5.68. The number of nitrogens with zero attached hydrogens (tertiary/aromatic N) is 3. The highest BCUT2D eigenvalue weighted by Gasteiger charge is 2.10. The van der Waals surface area contributed by atoms with E-state index in [4.69, 9.17) is 21.7 Å². The summed E-state index contributed by atoms with van der Waals surface area (Å²) in [6.45, 7) is 0.523. The second-order valence-corrected chi connectivity index (χ2v) is 6.57. The molecule has 0 saturated heterocycles. The van der Waals surface area contributed by atoms with Gasteiger partial charge in [-0.25, -0.2) is 0 Å².